The highest BCUT2D eigenvalue weighted by Crippen LogP contribution is 2.33. The molecule has 2 N–H and O–H groups in total. The lowest BCUT2D eigenvalue weighted by molar-refractivity contribution is 0.0873. The number of benzene rings is 2. The normalized spacial score (nSPS) is 17.7. The van der Waals surface area contributed by atoms with Crippen molar-refractivity contribution in [1.29, 1.82) is 5.26 Å². The summed E-state index contributed by atoms with van der Waals surface area (Å²) in [4.78, 5) is 13.1. The van der Waals surface area contributed by atoms with Crippen LogP contribution in [0.5, 0.6) is 11.5 Å². The Morgan fingerprint density at radius 3 is 2.35 bits per heavy atom. The average Bonchev–Trinajstić information content (AvgIpc) is 2.66. The molecule has 5 nitrogen and oxygen atoms in total. The van der Waals surface area contributed by atoms with E-state index in [-0.39, 0.29) is 28.9 Å². The fraction of sp³-hybridized carbons (Fsp3) is 0.462. The number of piperidine rings is 1. The molecule has 5 heteroatoms. The molecular formula is C26H33N3O2. The Morgan fingerprint density at radius 1 is 1.10 bits per heavy atom. The van der Waals surface area contributed by atoms with Crippen LogP contribution in [0.25, 0.3) is 0 Å². The van der Waals surface area contributed by atoms with Crippen molar-refractivity contribution in [2.45, 2.75) is 77.4 Å². The quantitative estimate of drug-likeness (QED) is 0.670. The van der Waals surface area contributed by atoms with Crippen molar-refractivity contribution >= 4 is 5.91 Å². The fourth-order valence-electron chi connectivity index (χ4n) is 4.69. The van der Waals surface area contributed by atoms with E-state index in [2.05, 4.69) is 58.2 Å². The summed E-state index contributed by atoms with van der Waals surface area (Å²) in [7, 11) is 0. The molecule has 2 aromatic rings. The van der Waals surface area contributed by atoms with Crippen molar-refractivity contribution < 1.29 is 9.53 Å². The van der Waals surface area contributed by atoms with E-state index in [1.165, 1.54) is 0 Å². The van der Waals surface area contributed by atoms with Crippen molar-refractivity contribution in [2.24, 2.45) is 0 Å². The van der Waals surface area contributed by atoms with Crippen molar-refractivity contribution in [3.8, 4) is 17.6 Å². The van der Waals surface area contributed by atoms with Gasteiger partial charge in [0, 0.05) is 22.7 Å². The molecule has 0 aromatic heterocycles. The highest BCUT2D eigenvalue weighted by atomic mass is 16.5. The summed E-state index contributed by atoms with van der Waals surface area (Å²) in [5.41, 5.74) is 1.98. The number of hydrogen-bond acceptors (Lipinski definition) is 4. The van der Waals surface area contributed by atoms with Crippen LogP contribution >= 0.6 is 0 Å². The Kier molecular flexibility index (Phi) is 6.43. The van der Waals surface area contributed by atoms with Gasteiger partial charge in [-0.1, -0.05) is 26.0 Å². The first-order valence-electron chi connectivity index (χ1n) is 10.9. The van der Waals surface area contributed by atoms with Crippen molar-refractivity contribution in [3.63, 3.8) is 0 Å². The SMILES string of the molecule is CC(C)c1cc(C(=O)NC2CC(C)(C)NC(C)(C)C2)ccc1Oc1ccccc1C#N. The van der Waals surface area contributed by atoms with Crippen LogP contribution in [0.15, 0.2) is 42.5 Å². The number of nitriles is 1. The van der Waals surface area contributed by atoms with Crippen molar-refractivity contribution in [3.05, 3.63) is 59.2 Å². The Labute approximate surface area is 185 Å². The summed E-state index contributed by atoms with van der Waals surface area (Å²) in [6.45, 7) is 12.8. The van der Waals surface area contributed by atoms with Gasteiger partial charge in [0.15, 0.2) is 0 Å². The zero-order chi connectivity index (χ0) is 22.8. The lowest BCUT2D eigenvalue weighted by Gasteiger charge is -2.46. The van der Waals surface area contributed by atoms with E-state index in [4.69, 9.17) is 4.74 Å². The summed E-state index contributed by atoms with van der Waals surface area (Å²) in [6.07, 6.45) is 1.76. The highest BCUT2D eigenvalue weighted by Gasteiger charge is 2.38. The van der Waals surface area contributed by atoms with Gasteiger partial charge in [-0.3, -0.25) is 4.79 Å². The number of nitrogens with zero attached hydrogens (tertiary/aromatic N) is 1. The van der Waals surface area contributed by atoms with Gasteiger partial charge in [-0.2, -0.15) is 5.26 Å². The van der Waals surface area contributed by atoms with Gasteiger partial charge in [-0.15, -0.1) is 0 Å². The monoisotopic (exact) mass is 419 g/mol. The molecule has 1 saturated heterocycles. The minimum absolute atomic E-state index is 0.0331. The first-order valence-corrected chi connectivity index (χ1v) is 10.9. The number of carbonyl (C=O) groups is 1. The smallest absolute Gasteiger partial charge is 0.251 e. The van der Waals surface area contributed by atoms with Gasteiger partial charge in [-0.25, -0.2) is 0 Å². The lowest BCUT2D eigenvalue weighted by Crippen LogP contribution is -2.62. The minimum atomic E-state index is -0.0654. The summed E-state index contributed by atoms with van der Waals surface area (Å²) in [5, 5.41) is 16.2. The second-order valence-electron chi connectivity index (χ2n) is 10.1. The van der Waals surface area contributed by atoms with Gasteiger partial charge in [0.05, 0.1) is 5.56 Å². The highest BCUT2D eigenvalue weighted by molar-refractivity contribution is 5.94. The van der Waals surface area contributed by atoms with Crippen molar-refractivity contribution in [2.75, 3.05) is 0 Å². The predicted molar refractivity (Wildman–Crippen MR) is 124 cm³/mol. The molecule has 2 aromatic carbocycles. The van der Waals surface area contributed by atoms with E-state index in [9.17, 15) is 10.1 Å². The second kappa shape index (κ2) is 8.72. The van der Waals surface area contributed by atoms with E-state index in [1.54, 1.807) is 18.2 Å². The third-order valence-corrected chi connectivity index (χ3v) is 5.65. The van der Waals surface area contributed by atoms with Gasteiger partial charge < -0.3 is 15.4 Å². The maximum absolute atomic E-state index is 13.1. The van der Waals surface area contributed by atoms with Crippen LogP contribution in [0, 0.1) is 11.3 Å². The fourth-order valence-corrected chi connectivity index (χ4v) is 4.69. The second-order valence-corrected chi connectivity index (χ2v) is 10.1. The first-order chi connectivity index (χ1) is 14.5. The van der Waals surface area contributed by atoms with Crippen LogP contribution in [0.3, 0.4) is 0 Å². The molecule has 0 bridgehead atoms. The van der Waals surface area contributed by atoms with Crippen LogP contribution in [0.2, 0.25) is 0 Å². The molecule has 3 rings (SSSR count). The first kappa shape index (κ1) is 22.8. The molecule has 164 valence electrons. The Morgan fingerprint density at radius 2 is 1.74 bits per heavy atom. The van der Waals surface area contributed by atoms with Gasteiger partial charge >= 0.3 is 0 Å². The van der Waals surface area contributed by atoms with Gasteiger partial charge in [0.2, 0.25) is 0 Å². The summed E-state index contributed by atoms with van der Waals surface area (Å²) >= 11 is 0. The van der Waals surface area contributed by atoms with Crippen molar-refractivity contribution in [1.82, 2.24) is 10.6 Å². The zero-order valence-electron chi connectivity index (χ0n) is 19.4. The van der Waals surface area contributed by atoms with Gasteiger partial charge in [0.1, 0.15) is 17.6 Å². The minimum Gasteiger partial charge on any atom is -0.456 e. The number of ether oxygens (including phenoxy) is 1. The standard InChI is InChI=1S/C26H33N3O2/c1-17(2)21-13-18(11-12-23(21)31-22-10-8-7-9-19(22)16-27)24(30)28-20-14-25(3,4)29-26(5,6)15-20/h7-13,17,20,29H,14-15H2,1-6H3,(H,28,30). The van der Waals surface area contributed by atoms with Crippen LogP contribution in [0.4, 0.5) is 0 Å². The van der Waals surface area contributed by atoms with E-state index < -0.39 is 0 Å². The average molecular weight is 420 g/mol. The summed E-state index contributed by atoms with van der Waals surface area (Å²) in [6, 6.07) is 15.0. The van der Waals surface area contributed by atoms with Gasteiger partial charge in [-0.05, 0) is 82.3 Å². The third kappa shape index (κ3) is 5.65. The largest absolute Gasteiger partial charge is 0.456 e. The molecular weight excluding hydrogens is 386 g/mol. The molecule has 1 aliphatic rings. The maximum atomic E-state index is 13.1. The molecule has 1 heterocycles. The van der Waals surface area contributed by atoms with E-state index in [0.717, 1.165) is 18.4 Å². The summed E-state index contributed by atoms with van der Waals surface area (Å²) in [5.74, 6) is 1.28. The third-order valence-electron chi connectivity index (χ3n) is 5.65. The summed E-state index contributed by atoms with van der Waals surface area (Å²) < 4.78 is 6.07. The zero-order valence-corrected chi connectivity index (χ0v) is 19.4. The van der Waals surface area contributed by atoms with Crippen LogP contribution in [-0.4, -0.2) is 23.0 Å². The molecule has 1 amide bonds. The molecule has 31 heavy (non-hydrogen) atoms. The molecule has 0 unspecified atom stereocenters. The molecule has 1 fully saturated rings. The number of nitrogens with one attached hydrogen (secondary N) is 2. The number of carbonyl (C=O) groups excluding carboxylic acids is 1. The number of rotatable bonds is 5. The molecule has 0 radical (unpaired) electrons. The van der Waals surface area contributed by atoms with E-state index >= 15 is 0 Å². The molecule has 0 aliphatic carbocycles. The van der Waals surface area contributed by atoms with Crippen LogP contribution in [-0.2, 0) is 0 Å². The van der Waals surface area contributed by atoms with E-state index in [0.29, 0.717) is 22.6 Å². The van der Waals surface area contributed by atoms with Crippen LogP contribution in [0.1, 0.15) is 81.8 Å². The predicted octanol–water partition coefficient (Wildman–Crippen LogP) is 5.51. The number of hydrogen-bond donors (Lipinski definition) is 2. The number of amides is 1. The molecule has 1 aliphatic heterocycles. The number of para-hydroxylation sites is 1. The molecule has 0 saturated carbocycles. The maximum Gasteiger partial charge on any atom is 0.251 e. The van der Waals surface area contributed by atoms with Crippen LogP contribution < -0.4 is 15.4 Å². The Bertz CT molecular complexity index is 986. The van der Waals surface area contributed by atoms with E-state index in [1.807, 2.05) is 24.3 Å². The molecule has 0 spiro atoms. The Hall–Kier alpha value is -2.84. The lowest BCUT2D eigenvalue weighted by atomic mass is 9.79. The topological polar surface area (TPSA) is 74.2 Å². The Balaban J connectivity index is 1.82. The van der Waals surface area contributed by atoms with Gasteiger partial charge in [0.25, 0.3) is 5.91 Å². The molecule has 0 atom stereocenters.